The summed E-state index contributed by atoms with van der Waals surface area (Å²) in [5, 5.41) is 1.00. The molecule has 4 aromatic rings. The number of imidazole rings is 1. The van der Waals surface area contributed by atoms with Crippen LogP contribution >= 0.6 is 19.3 Å². The van der Waals surface area contributed by atoms with Gasteiger partial charge in [-0.1, -0.05) is 67.8 Å². The average molecular weight is 560 g/mol. The van der Waals surface area contributed by atoms with E-state index in [1.54, 1.807) is 23.9 Å². The van der Waals surface area contributed by atoms with E-state index in [2.05, 4.69) is 72.2 Å². The molecule has 3 heterocycles. The lowest BCUT2D eigenvalue weighted by Gasteiger charge is -2.33. The van der Waals surface area contributed by atoms with Crippen molar-refractivity contribution in [1.82, 2.24) is 9.55 Å². The molecule has 0 aliphatic carbocycles. The van der Waals surface area contributed by atoms with Crippen LogP contribution in [0.1, 0.15) is 17.0 Å². The Bertz CT molecular complexity index is 1770. The number of anilines is 1. The monoisotopic (exact) mass is 559 g/mol. The molecule has 6 rings (SSSR count). The van der Waals surface area contributed by atoms with Crippen molar-refractivity contribution < 1.29 is 13.0 Å². The molecule has 38 heavy (non-hydrogen) atoms. The lowest BCUT2D eigenvalue weighted by Crippen LogP contribution is -2.26. The van der Waals surface area contributed by atoms with Gasteiger partial charge in [0.2, 0.25) is 0 Å². The van der Waals surface area contributed by atoms with E-state index in [1.807, 2.05) is 30.1 Å². The number of allylic oxidation sites excluding steroid dienone is 2. The van der Waals surface area contributed by atoms with Crippen molar-refractivity contribution in [2.75, 3.05) is 11.6 Å². The minimum absolute atomic E-state index is 0.0494. The van der Waals surface area contributed by atoms with Gasteiger partial charge in [-0.05, 0) is 59.5 Å². The topological polar surface area (TPSA) is 75.4 Å². The van der Waals surface area contributed by atoms with Crippen LogP contribution in [-0.4, -0.2) is 33.8 Å². The molecular formula is C29H26N3O3PS2. The maximum absolute atomic E-state index is 11.7. The van der Waals surface area contributed by atoms with E-state index in [4.69, 9.17) is 4.98 Å². The summed E-state index contributed by atoms with van der Waals surface area (Å²) in [5.41, 5.74) is 5.57. The summed E-state index contributed by atoms with van der Waals surface area (Å²) in [6.45, 7) is 2.88. The van der Waals surface area contributed by atoms with Crippen LogP contribution in [0.4, 0.5) is 5.69 Å². The molecule has 9 heteroatoms. The van der Waals surface area contributed by atoms with Gasteiger partial charge in [-0.3, -0.25) is 4.55 Å². The SMILES string of the molecule is Cn1ccnc1C1=C/C(=C\C2=[PH](C)c3cc(S(=O)(=O)O)ccc3S2)c2ccccc2N1Cc1ccccc1. The van der Waals surface area contributed by atoms with Gasteiger partial charge in [0.05, 0.1) is 10.6 Å². The Balaban J connectivity index is 1.49. The van der Waals surface area contributed by atoms with Gasteiger partial charge in [-0.2, -0.15) is 8.42 Å². The van der Waals surface area contributed by atoms with Gasteiger partial charge in [-0.25, -0.2) is 4.98 Å². The number of aromatic nitrogens is 2. The second-order valence-corrected chi connectivity index (χ2v) is 14.5. The lowest BCUT2D eigenvalue weighted by molar-refractivity contribution is 0.483. The molecule has 6 nitrogen and oxygen atoms in total. The van der Waals surface area contributed by atoms with Crippen LogP contribution < -0.4 is 10.2 Å². The maximum atomic E-state index is 11.7. The van der Waals surface area contributed by atoms with Gasteiger partial charge < -0.3 is 9.47 Å². The van der Waals surface area contributed by atoms with Crippen LogP contribution in [0.25, 0.3) is 11.3 Å². The fraction of sp³-hybridized carbons (Fsp3) is 0.103. The van der Waals surface area contributed by atoms with Crippen molar-refractivity contribution in [2.24, 2.45) is 7.05 Å². The molecule has 0 spiro atoms. The van der Waals surface area contributed by atoms with Gasteiger partial charge in [0.25, 0.3) is 10.1 Å². The number of hydrogen-bond donors (Lipinski definition) is 1. The third-order valence-corrected chi connectivity index (χ3v) is 12.1. The van der Waals surface area contributed by atoms with Crippen molar-refractivity contribution in [3.8, 4) is 0 Å². The average Bonchev–Trinajstić information content (AvgIpc) is 3.47. The molecule has 2 aliphatic heterocycles. The molecule has 3 aromatic carbocycles. The van der Waals surface area contributed by atoms with Gasteiger partial charge in [0, 0.05) is 46.8 Å². The third kappa shape index (κ3) is 4.58. The first-order valence-corrected chi connectivity index (χ1v) is 16.4. The van der Waals surface area contributed by atoms with Gasteiger partial charge in [-0.15, -0.1) is 0 Å². The third-order valence-electron chi connectivity index (χ3n) is 6.85. The highest BCUT2D eigenvalue weighted by Gasteiger charge is 2.27. The highest BCUT2D eigenvalue weighted by atomic mass is 32.2. The Kier molecular flexibility index (Phi) is 6.44. The zero-order chi connectivity index (χ0) is 26.4. The second-order valence-electron chi connectivity index (χ2n) is 9.30. The Hall–Kier alpha value is -3.29. The van der Waals surface area contributed by atoms with Crippen LogP contribution in [0.5, 0.6) is 0 Å². The van der Waals surface area contributed by atoms with Crippen LogP contribution in [-0.2, 0) is 23.7 Å². The van der Waals surface area contributed by atoms with Crippen molar-refractivity contribution in [3.05, 3.63) is 114 Å². The van der Waals surface area contributed by atoms with E-state index in [9.17, 15) is 13.0 Å². The summed E-state index contributed by atoms with van der Waals surface area (Å²) in [7, 11) is -3.45. The van der Waals surface area contributed by atoms with E-state index in [0.717, 1.165) is 38.5 Å². The number of fused-ring (bicyclic) bond motifs is 2. The second kappa shape index (κ2) is 9.79. The zero-order valence-corrected chi connectivity index (χ0v) is 23.5. The van der Waals surface area contributed by atoms with Gasteiger partial charge in [0.1, 0.15) is 0 Å². The molecule has 0 bridgehead atoms. The molecule has 0 radical (unpaired) electrons. The Morgan fingerprint density at radius 3 is 2.55 bits per heavy atom. The number of hydrogen-bond acceptors (Lipinski definition) is 5. The van der Waals surface area contributed by atoms with Gasteiger partial charge >= 0.3 is 0 Å². The van der Waals surface area contributed by atoms with Crippen LogP contribution in [0.2, 0.25) is 0 Å². The summed E-state index contributed by atoms with van der Waals surface area (Å²) in [6, 6.07) is 23.8. The Morgan fingerprint density at radius 2 is 1.82 bits per heavy atom. The predicted octanol–water partition coefficient (Wildman–Crippen LogP) is 5.52. The molecule has 1 aromatic heterocycles. The number of rotatable bonds is 5. The fourth-order valence-corrected chi connectivity index (χ4v) is 9.58. The van der Waals surface area contributed by atoms with Crippen molar-refractivity contribution in [1.29, 1.82) is 0 Å². The largest absolute Gasteiger partial charge is 0.333 e. The highest BCUT2D eigenvalue weighted by molar-refractivity contribution is 8.23. The number of aryl methyl sites for hydroxylation is 1. The Morgan fingerprint density at radius 1 is 1.05 bits per heavy atom. The lowest BCUT2D eigenvalue weighted by atomic mass is 9.96. The normalized spacial score (nSPS) is 17.9. The van der Waals surface area contributed by atoms with Crippen molar-refractivity contribution in [2.45, 2.75) is 16.3 Å². The number of nitrogens with zero attached hydrogens (tertiary/aromatic N) is 3. The molecule has 1 N–H and O–H groups in total. The highest BCUT2D eigenvalue weighted by Crippen LogP contribution is 2.45. The molecule has 192 valence electrons. The van der Waals surface area contributed by atoms with E-state index >= 15 is 0 Å². The molecule has 1 unspecified atom stereocenters. The Labute approximate surface area is 227 Å². The molecule has 0 amide bonds. The molecule has 0 fully saturated rings. The quantitative estimate of drug-likeness (QED) is 0.257. The minimum Gasteiger partial charge on any atom is -0.333 e. The standard InChI is InChI=1S/C29H26N3O3PS2/c1-31-15-14-30-29(31)25-16-21(17-28-36(2)26-18-22(38(33,34)35)12-13-27(26)37-28)23-10-6-7-11-24(23)32(25)19-20-8-4-3-5-9-20/h3-18,36H,19H2,1-2H3,(H,33,34,35)/b21-17+. The first-order chi connectivity index (χ1) is 18.3. The summed E-state index contributed by atoms with van der Waals surface area (Å²) < 4.78 is 36.3. The molecular weight excluding hydrogens is 533 g/mol. The summed E-state index contributed by atoms with van der Waals surface area (Å²) in [6.07, 6.45) is 8.23. The van der Waals surface area contributed by atoms with Crippen LogP contribution in [0.15, 0.2) is 107 Å². The predicted molar refractivity (Wildman–Crippen MR) is 159 cm³/mol. The minimum atomic E-state index is -4.24. The fourth-order valence-electron chi connectivity index (χ4n) is 4.90. The smallest absolute Gasteiger partial charge is 0.294 e. The number of para-hydroxylation sites is 1. The molecule has 2 aliphatic rings. The van der Waals surface area contributed by atoms with E-state index in [1.165, 1.54) is 16.3 Å². The van der Waals surface area contributed by atoms with E-state index in [0.29, 0.717) is 6.54 Å². The molecule has 1 atom stereocenters. The van der Waals surface area contributed by atoms with E-state index in [-0.39, 0.29) is 4.90 Å². The maximum Gasteiger partial charge on any atom is 0.294 e. The summed E-state index contributed by atoms with van der Waals surface area (Å²) in [4.78, 5) is 8.01. The molecule has 0 saturated carbocycles. The summed E-state index contributed by atoms with van der Waals surface area (Å²) in [5.74, 6) is 0.883. The number of benzene rings is 3. The van der Waals surface area contributed by atoms with E-state index < -0.39 is 17.7 Å². The van der Waals surface area contributed by atoms with Crippen LogP contribution in [0.3, 0.4) is 0 Å². The number of thioether (sulfide) groups is 1. The first-order valence-electron chi connectivity index (χ1n) is 12.1. The van der Waals surface area contributed by atoms with Crippen molar-refractivity contribution in [3.63, 3.8) is 0 Å². The van der Waals surface area contributed by atoms with Crippen LogP contribution in [0, 0.1) is 0 Å². The van der Waals surface area contributed by atoms with Crippen molar-refractivity contribution >= 4 is 56.3 Å². The zero-order valence-electron chi connectivity index (χ0n) is 20.9. The first kappa shape index (κ1) is 25.0. The van der Waals surface area contributed by atoms with Gasteiger partial charge in [0.15, 0.2) is 5.82 Å². The summed E-state index contributed by atoms with van der Waals surface area (Å²) >= 11 is 1.68. The molecule has 0 saturated heterocycles.